The molecule has 0 aliphatic heterocycles. The molecule has 0 saturated heterocycles. The fraction of sp³-hybridized carbons (Fsp3) is 0.250. The molecule has 0 saturated carbocycles. The summed E-state index contributed by atoms with van der Waals surface area (Å²) in [7, 11) is -2.05. The van der Waals surface area contributed by atoms with E-state index in [1.807, 2.05) is 0 Å². The number of carbonyl (C=O) groups excluding carboxylic acids is 1. The highest BCUT2D eigenvalue weighted by Crippen LogP contribution is 1.90. The van der Waals surface area contributed by atoms with E-state index >= 15 is 0 Å². The maximum Gasteiger partial charge on any atom is 0.709 e. The van der Waals surface area contributed by atoms with E-state index in [1.54, 1.807) is 0 Å². The molecule has 0 aliphatic rings. The summed E-state index contributed by atoms with van der Waals surface area (Å²) in [6.45, 7) is 4.62. The van der Waals surface area contributed by atoms with Gasteiger partial charge in [-0.1, -0.05) is 6.58 Å². The molecule has 0 bridgehead atoms. The zero-order valence-electron chi connectivity index (χ0n) is 5.00. The van der Waals surface area contributed by atoms with Gasteiger partial charge in [0, 0.05) is 5.57 Å². The van der Waals surface area contributed by atoms with Crippen LogP contribution >= 0.6 is 0 Å². The molecule has 6 heteroatoms. The van der Waals surface area contributed by atoms with Gasteiger partial charge in [0.2, 0.25) is 0 Å². The third-order valence-electron chi connectivity index (χ3n) is 0.561. The minimum atomic E-state index is -2.05. The van der Waals surface area contributed by atoms with Crippen LogP contribution in [0.1, 0.15) is 6.92 Å². The van der Waals surface area contributed by atoms with Crippen LogP contribution in [0.4, 0.5) is 0 Å². The second-order valence-corrected chi connectivity index (χ2v) is 1.51. The van der Waals surface area contributed by atoms with E-state index in [4.69, 9.17) is 10.0 Å². The average molecular weight is 162 g/mol. The standard InChI is InChI=1S/C4H7BO4.H4Si/c1-3(2)4(6)9-5(7)8;/h7-8H,1H2,2H3;1H4. The Morgan fingerprint density at radius 3 is 2.10 bits per heavy atom. The second kappa shape index (κ2) is 5.22. The highest BCUT2D eigenvalue weighted by molar-refractivity contribution is 6.36. The lowest BCUT2D eigenvalue weighted by atomic mass is 10.2. The first-order valence-corrected chi connectivity index (χ1v) is 2.26. The summed E-state index contributed by atoms with van der Waals surface area (Å²) in [4.78, 5) is 10.3. The van der Waals surface area contributed by atoms with Crippen molar-refractivity contribution in [2.24, 2.45) is 0 Å². The van der Waals surface area contributed by atoms with Crippen molar-refractivity contribution in [1.82, 2.24) is 0 Å². The van der Waals surface area contributed by atoms with Crippen molar-refractivity contribution in [2.45, 2.75) is 6.92 Å². The summed E-state index contributed by atoms with van der Waals surface area (Å²) >= 11 is 0. The molecule has 0 spiro atoms. The van der Waals surface area contributed by atoms with Gasteiger partial charge in [-0.2, -0.15) is 0 Å². The van der Waals surface area contributed by atoms with E-state index in [1.165, 1.54) is 6.92 Å². The molecule has 0 unspecified atom stereocenters. The minimum Gasteiger partial charge on any atom is -0.482 e. The summed E-state index contributed by atoms with van der Waals surface area (Å²) in [5, 5.41) is 16.1. The zero-order valence-corrected chi connectivity index (χ0v) is 5.00. The molecule has 58 valence electrons. The molecule has 10 heavy (non-hydrogen) atoms. The van der Waals surface area contributed by atoms with E-state index in [2.05, 4.69) is 11.2 Å². The van der Waals surface area contributed by atoms with Gasteiger partial charge in [0.1, 0.15) is 0 Å². The Balaban J connectivity index is 0. The van der Waals surface area contributed by atoms with Gasteiger partial charge in [-0.15, -0.1) is 0 Å². The van der Waals surface area contributed by atoms with Gasteiger partial charge in [0.25, 0.3) is 0 Å². The topological polar surface area (TPSA) is 66.8 Å². The van der Waals surface area contributed by atoms with Crippen LogP contribution in [0.15, 0.2) is 12.2 Å². The molecule has 0 aromatic rings. The molecule has 0 amide bonds. The normalized spacial score (nSPS) is 7.50. The van der Waals surface area contributed by atoms with Crippen LogP contribution in [0.3, 0.4) is 0 Å². The van der Waals surface area contributed by atoms with Gasteiger partial charge in [-0.05, 0) is 17.9 Å². The summed E-state index contributed by atoms with van der Waals surface area (Å²) in [5.74, 6) is -0.815. The van der Waals surface area contributed by atoms with Gasteiger partial charge in [0.15, 0.2) is 0 Å². The van der Waals surface area contributed by atoms with Crippen molar-refractivity contribution in [3.05, 3.63) is 12.2 Å². The molecule has 0 aliphatic carbocycles. The first-order valence-electron chi connectivity index (χ1n) is 2.26. The van der Waals surface area contributed by atoms with Gasteiger partial charge >= 0.3 is 13.3 Å². The average Bonchev–Trinajstić information content (AvgIpc) is 1.63. The summed E-state index contributed by atoms with van der Waals surface area (Å²) in [5.41, 5.74) is 0.128. The maximum absolute atomic E-state index is 10.3. The van der Waals surface area contributed by atoms with Crippen molar-refractivity contribution >= 4 is 24.3 Å². The van der Waals surface area contributed by atoms with E-state index in [-0.39, 0.29) is 16.5 Å². The quantitative estimate of drug-likeness (QED) is 0.351. The largest absolute Gasteiger partial charge is 0.709 e. The minimum absolute atomic E-state index is 0. The molecular formula is C4H11BO4Si. The van der Waals surface area contributed by atoms with E-state index in [0.717, 1.165) is 0 Å². The van der Waals surface area contributed by atoms with Crippen molar-refractivity contribution in [2.75, 3.05) is 0 Å². The first kappa shape index (κ1) is 12.1. The summed E-state index contributed by atoms with van der Waals surface area (Å²) in [6, 6.07) is 0. The number of hydrogen-bond acceptors (Lipinski definition) is 4. The fourth-order valence-electron chi connectivity index (χ4n) is 0.196. The van der Waals surface area contributed by atoms with Crippen LogP contribution < -0.4 is 0 Å². The van der Waals surface area contributed by atoms with Gasteiger partial charge in [0.05, 0.1) is 0 Å². The maximum atomic E-state index is 10.3. The van der Waals surface area contributed by atoms with E-state index in [0.29, 0.717) is 0 Å². The first-order chi connectivity index (χ1) is 4.04. The van der Waals surface area contributed by atoms with Gasteiger partial charge in [-0.25, -0.2) is 4.79 Å². The molecule has 0 atom stereocenters. The van der Waals surface area contributed by atoms with Crippen molar-refractivity contribution in [3.63, 3.8) is 0 Å². The number of hydrogen-bond donors (Lipinski definition) is 2. The third-order valence-corrected chi connectivity index (χ3v) is 0.561. The molecular weight excluding hydrogens is 151 g/mol. The Bertz CT molecular complexity index is 135. The smallest absolute Gasteiger partial charge is 0.482 e. The molecule has 0 radical (unpaired) electrons. The highest BCUT2D eigenvalue weighted by atomic mass is 28.1. The second-order valence-electron chi connectivity index (χ2n) is 1.51. The number of carbonyl (C=O) groups is 1. The lowest BCUT2D eigenvalue weighted by Gasteiger charge is -1.99. The Morgan fingerprint density at radius 1 is 1.60 bits per heavy atom. The van der Waals surface area contributed by atoms with Crippen LogP contribution in [0.25, 0.3) is 0 Å². The van der Waals surface area contributed by atoms with Gasteiger partial charge in [-0.3, -0.25) is 0 Å². The molecule has 0 heterocycles. The van der Waals surface area contributed by atoms with E-state index < -0.39 is 13.3 Å². The summed E-state index contributed by atoms with van der Waals surface area (Å²) in [6.07, 6.45) is 0. The monoisotopic (exact) mass is 162 g/mol. The molecule has 0 aromatic heterocycles. The SMILES string of the molecule is C=C(C)C(=O)OB(O)O.[SiH4]. The molecule has 0 aromatic carbocycles. The summed E-state index contributed by atoms with van der Waals surface area (Å²) < 4.78 is 3.88. The van der Waals surface area contributed by atoms with Crippen molar-refractivity contribution in [1.29, 1.82) is 0 Å². The van der Waals surface area contributed by atoms with Crippen LogP contribution in [0.2, 0.25) is 0 Å². The van der Waals surface area contributed by atoms with Crippen molar-refractivity contribution < 1.29 is 19.5 Å². The van der Waals surface area contributed by atoms with Crippen LogP contribution in [0.5, 0.6) is 0 Å². The fourth-order valence-corrected chi connectivity index (χ4v) is 0.196. The lowest BCUT2D eigenvalue weighted by Crippen LogP contribution is -2.21. The van der Waals surface area contributed by atoms with Crippen LogP contribution in [0, 0.1) is 0 Å². The van der Waals surface area contributed by atoms with Crippen LogP contribution in [-0.4, -0.2) is 34.3 Å². The molecule has 4 nitrogen and oxygen atoms in total. The third kappa shape index (κ3) is 5.55. The Labute approximate surface area is 63.7 Å². The zero-order chi connectivity index (χ0) is 7.44. The molecule has 0 rings (SSSR count). The molecule has 2 N–H and O–H groups in total. The highest BCUT2D eigenvalue weighted by Gasteiger charge is 2.15. The van der Waals surface area contributed by atoms with E-state index in [9.17, 15) is 4.79 Å². The van der Waals surface area contributed by atoms with Crippen molar-refractivity contribution in [3.8, 4) is 0 Å². The Morgan fingerprint density at radius 2 is 2.00 bits per heavy atom. The number of rotatable bonds is 2. The van der Waals surface area contributed by atoms with Gasteiger partial charge < -0.3 is 14.7 Å². The Kier molecular flexibility index (Phi) is 6.32. The predicted molar refractivity (Wildman–Crippen MR) is 42.4 cm³/mol. The van der Waals surface area contributed by atoms with Crippen LogP contribution in [-0.2, 0) is 9.45 Å². The predicted octanol–water partition coefficient (Wildman–Crippen LogP) is -2.38. The lowest BCUT2D eigenvalue weighted by molar-refractivity contribution is -0.132. The Hall–Kier alpha value is -0.588. The molecule has 0 fully saturated rings.